The van der Waals surface area contributed by atoms with Crippen molar-refractivity contribution in [1.82, 2.24) is 10.2 Å². The molecule has 0 unspecified atom stereocenters. The molecule has 1 N–H and O–H groups in total. The Labute approximate surface area is 229 Å². The van der Waals surface area contributed by atoms with Crippen LogP contribution in [0.25, 0.3) is 0 Å². The molecule has 0 radical (unpaired) electrons. The number of nitrogens with zero attached hydrogens (tertiary/aromatic N) is 1. The van der Waals surface area contributed by atoms with E-state index < -0.39 is 6.04 Å². The maximum Gasteiger partial charge on any atom is 0.255 e. The average Bonchev–Trinajstić information content (AvgIpc) is 3.24. The molecule has 8 nitrogen and oxygen atoms in total. The second kappa shape index (κ2) is 13.0. The molecule has 1 aliphatic rings. The Kier molecular flexibility index (Phi) is 9.31. The van der Waals surface area contributed by atoms with Crippen molar-refractivity contribution in [2.75, 3.05) is 40.5 Å². The fourth-order valence-corrected chi connectivity index (χ4v) is 4.85. The molecular weight excluding hydrogens is 496 g/mol. The van der Waals surface area contributed by atoms with E-state index in [4.69, 9.17) is 18.9 Å². The van der Waals surface area contributed by atoms with Crippen molar-refractivity contribution >= 4 is 11.8 Å². The third-order valence-electron chi connectivity index (χ3n) is 6.72. The number of benzene rings is 3. The Morgan fingerprint density at radius 3 is 2.18 bits per heavy atom. The number of amides is 2. The van der Waals surface area contributed by atoms with Crippen LogP contribution in [0.4, 0.5) is 0 Å². The van der Waals surface area contributed by atoms with E-state index in [1.54, 1.807) is 25.2 Å². The number of ether oxygens (including phenoxy) is 4. The predicted octanol–water partition coefficient (Wildman–Crippen LogP) is 4.60. The number of hydrogen-bond acceptors (Lipinski definition) is 6. The second-order valence-corrected chi connectivity index (χ2v) is 9.12. The summed E-state index contributed by atoms with van der Waals surface area (Å²) in [5.41, 5.74) is 3.30. The molecule has 39 heavy (non-hydrogen) atoms. The van der Waals surface area contributed by atoms with Crippen LogP contribution in [0.5, 0.6) is 23.0 Å². The average molecular weight is 533 g/mol. The molecule has 0 spiro atoms. The van der Waals surface area contributed by atoms with E-state index in [9.17, 15) is 9.59 Å². The van der Waals surface area contributed by atoms with Crippen molar-refractivity contribution in [1.29, 1.82) is 0 Å². The fourth-order valence-electron chi connectivity index (χ4n) is 4.85. The molecule has 1 heterocycles. The molecule has 0 aromatic heterocycles. The summed E-state index contributed by atoms with van der Waals surface area (Å²) in [6.07, 6.45) is 1.18. The van der Waals surface area contributed by atoms with Crippen molar-refractivity contribution in [3.63, 3.8) is 0 Å². The summed E-state index contributed by atoms with van der Waals surface area (Å²) >= 11 is 0. The zero-order valence-corrected chi connectivity index (χ0v) is 23.0. The Balaban J connectivity index is 1.46. The van der Waals surface area contributed by atoms with Crippen LogP contribution in [-0.2, 0) is 17.6 Å². The largest absolute Gasteiger partial charge is 0.493 e. The lowest BCUT2D eigenvalue weighted by molar-refractivity contribution is -0.125. The molecule has 0 aliphatic carbocycles. The van der Waals surface area contributed by atoms with E-state index in [0.29, 0.717) is 67.7 Å². The lowest BCUT2D eigenvalue weighted by Crippen LogP contribution is -2.40. The molecule has 0 saturated heterocycles. The third-order valence-corrected chi connectivity index (χ3v) is 6.72. The molecule has 0 bridgehead atoms. The van der Waals surface area contributed by atoms with E-state index in [2.05, 4.69) is 5.32 Å². The minimum atomic E-state index is -0.687. The van der Waals surface area contributed by atoms with Gasteiger partial charge in [-0.3, -0.25) is 9.59 Å². The first kappa shape index (κ1) is 27.8. The van der Waals surface area contributed by atoms with Gasteiger partial charge in [0.25, 0.3) is 5.91 Å². The molecular formula is C31H36N2O6. The molecule has 1 atom stereocenters. The number of carbonyl (C=O) groups excluding carboxylic acids is 2. The van der Waals surface area contributed by atoms with Gasteiger partial charge in [-0.2, -0.15) is 0 Å². The van der Waals surface area contributed by atoms with Gasteiger partial charge in [0.1, 0.15) is 6.04 Å². The first-order chi connectivity index (χ1) is 19.0. The highest BCUT2D eigenvalue weighted by atomic mass is 16.5. The lowest BCUT2D eigenvalue weighted by atomic mass is 10.0. The number of rotatable bonds is 13. The quantitative estimate of drug-likeness (QED) is 0.346. The Morgan fingerprint density at radius 1 is 0.821 bits per heavy atom. The molecule has 0 fully saturated rings. The maximum absolute atomic E-state index is 13.5. The van der Waals surface area contributed by atoms with E-state index in [1.807, 2.05) is 68.4 Å². The summed E-state index contributed by atoms with van der Waals surface area (Å²) in [7, 11) is 3.19. The summed E-state index contributed by atoms with van der Waals surface area (Å²) in [4.78, 5) is 28.5. The van der Waals surface area contributed by atoms with Gasteiger partial charge in [-0.15, -0.1) is 0 Å². The number of carbonyl (C=O) groups is 2. The highest BCUT2D eigenvalue weighted by Crippen LogP contribution is 2.35. The van der Waals surface area contributed by atoms with Gasteiger partial charge in [0.2, 0.25) is 5.91 Å². The van der Waals surface area contributed by atoms with Gasteiger partial charge in [-0.05, 0) is 73.7 Å². The van der Waals surface area contributed by atoms with Crippen molar-refractivity contribution in [2.24, 2.45) is 0 Å². The summed E-state index contributed by atoms with van der Waals surface area (Å²) in [5.74, 6) is 2.33. The van der Waals surface area contributed by atoms with Crippen LogP contribution in [0.1, 0.15) is 46.9 Å². The molecule has 2 amide bonds. The fraction of sp³-hybridized carbons (Fsp3) is 0.355. The smallest absolute Gasteiger partial charge is 0.255 e. The van der Waals surface area contributed by atoms with E-state index in [1.165, 1.54) is 0 Å². The highest BCUT2D eigenvalue weighted by Gasteiger charge is 2.40. The summed E-state index contributed by atoms with van der Waals surface area (Å²) < 4.78 is 22.1. The number of methoxy groups -OCH3 is 2. The summed E-state index contributed by atoms with van der Waals surface area (Å²) in [5, 5.41) is 3.03. The van der Waals surface area contributed by atoms with Gasteiger partial charge in [-0.1, -0.05) is 30.3 Å². The number of nitrogens with one attached hydrogen (secondary N) is 1. The standard InChI is InChI=1S/C31H36N2O6/c1-5-38-26-14-12-22(20-28(26)39-6-2)16-18-33-29(23-9-7-8-10-24(23)31(33)35)30(34)32-17-15-21-11-13-25(36-3)27(19-21)37-4/h7-14,19-20,29H,5-6,15-18H2,1-4H3,(H,32,34)/t29-/m0/s1. The second-order valence-electron chi connectivity index (χ2n) is 9.12. The first-order valence-electron chi connectivity index (χ1n) is 13.3. The molecule has 3 aromatic carbocycles. The maximum atomic E-state index is 13.5. The monoisotopic (exact) mass is 532 g/mol. The third kappa shape index (κ3) is 6.28. The molecule has 3 aromatic rings. The van der Waals surface area contributed by atoms with E-state index >= 15 is 0 Å². The van der Waals surface area contributed by atoms with Gasteiger partial charge >= 0.3 is 0 Å². The van der Waals surface area contributed by atoms with Crippen LogP contribution < -0.4 is 24.3 Å². The zero-order chi connectivity index (χ0) is 27.8. The van der Waals surface area contributed by atoms with Crippen molar-refractivity contribution in [3.05, 3.63) is 82.9 Å². The normalized spacial score (nSPS) is 14.1. The van der Waals surface area contributed by atoms with Crippen LogP contribution >= 0.6 is 0 Å². The number of fused-ring (bicyclic) bond motifs is 1. The van der Waals surface area contributed by atoms with Gasteiger partial charge < -0.3 is 29.2 Å². The molecule has 206 valence electrons. The van der Waals surface area contributed by atoms with Gasteiger partial charge in [0, 0.05) is 18.7 Å². The van der Waals surface area contributed by atoms with Gasteiger partial charge in [-0.25, -0.2) is 0 Å². The van der Waals surface area contributed by atoms with Crippen molar-refractivity contribution in [2.45, 2.75) is 32.7 Å². The van der Waals surface area contributed by atoms with Gasteiger partial charge in [0.15, 0.2) is 23.0 Å². The molecule has 8 heteroatoms. The highest BCUT2D eigenvalue weighted by molar-refractivity contribution is 6.04. The number of hydrogen-bond donors (Lipinski definition) is 1. The van der Waals surface area contributed by atoms with E-state index in [-0.39, 0.29) is 11.8 Å². The molecule has 4 rings (SSSR count). The Morgan fingerprint density at radius 2 is 1.46 bits per heavy atom. The topological polar surface area (TPSA) is 86.3 Å². The van der Waals surface area contributed by atoms with Crippen LogP contribution in [-0.4, -0.2) is 57.2 Å². The van der Waals surface area contributed by atoms with Crippen molar-refractivity contribution < 1.29 is 28.5 Å². The Bertz CT molecular complexity index is 1310. The molecule has 0 saturated carbocycles. The SMILES string of the molecule is CCOc1ccc(CCN2C(=O)c3ccccc3[C@H]2C(=O)NCCc2ccc(OC)c(OC)c2)cc1OCC. The minimum Gasteiger partial charge on any atom is -0.493 e. The van der Waals surface area contributed by atoms with Gasteiger partial charge in [0.05, 0.1) is 27.4 Å². The zero-order valence-electron chi connectivity index (χ0n) is 23.0. The van der Waals surface area contributed by atoms with Crippen LogP contribution in [0.3, 0.4) is 0 Å². The lowest BCUT2D eigenvalue weighted by Gasteiger charge is -2.25. The summed E-state index contributed by atoms with van der Waals surface area (Å²) in [6.45, 7) is 5.74. The van der Waals surface area contributed by atoms with Crippen molar-refractivity contribution in [3.8, 4) is 23.0 Å². The van der Waals surface area contributed by atoms with E-state index in [0.717, 1.165) is 16.7 Å². The first-order valence-corrected chi connectivity index (χ1v) is 13.3. The van der Waals surface area contributed by atoms with Crippen LogP contribution in [0, 0.1) is 0 Å². The summed E-state index contributed by atoms with van der Waals surface area (Å²) in [6, 6.07) is 18.1. The Hall–Kier alpha value is -4.20. The predicted molar refractivity (Wildman–Crippen MR) is 149 cm³/mol. The molecule has 1 aliphatic heterocycles. The van der Waals surface area contributed by atoms with Crippen LogP contribution in [0.15, 0.2) is 60.7 Å². The minimum absolute atomic E-state index is 0.137. The van der Waals surface area contributed by atoms with Crippen LogP contribution in [0.2, 0.25) is 0 Å².